The van der Waals surface area contributed by atoms with Gasteiger partial charge in [-0.15, -0.1) is 0 Å². The lowest BCUT2D eigenvalue weighted by atomic mass is 10.1. The second-order valence-corrected chi connectivity index (χ2v) is 4.06. The Morgan fingerprint density at radius 1 is 1.05 bits per heavy atom. The van der Waals surface area contributed by atoms with E-state index in [1.54, 1.807) is 0 Å². The molecule has 7 heteroatoms. The Hall–Kier alpha value is -2.41. The van der Waals surface area contributed by atoms with E-state index in [2.05, 4.69) is 14.8 Å². The van der Waals surface area contributed by atoms with Gasteiger partial charge in [-0.3, -0.25) is 4.79 Å². The number of rotatable bonds is 4. The number of ether oxygens (including phenoxy) is 2. The van der Waals surface area contributed by atoms with Crippen molar-refractivity contribution in [1.29, 1.82) is 0 Å². The second-order valence-electron chi connectivity index (χ2n) is 4.06. The molecule has 0 saturated heterocycles. The maximum Gasteiger partial charge on any atom is 0.337 e. The molecule has 0 aliphatic carbocycles. The van der Waals surface area contributed by atoms with Crippen LogP contribution in [-0.4, -0.2) is 38.1 Å². The van der Waals surface area contributed by atoms with Crippen LogP contribution >= 0.6 is 0 Å². The zero-order chi connectivity index (χ0) is 15.3. The van der Waals surface area contributed by atoms with E-state index in [9.17, 15) is 14.4 Å². The first-order chi connectivity index (χ1) is 9.38. The minimum absolute atomic E-state index is 0.121. The molecule has 0 heterocycles. The van der Waals surface area contributed by atoms with Crippen LogP contribution in [0.1, 0.15) is 27.6 Å². The van der Waals surface area contributed by atoms with Crippen molar-refractivity contribution in [3.8, 4) is 0 Å². The summed E-state index contributed by atoms with van der Waals surface area (Å²) < 4.78 is 9.17. The van der Waals surface area contributed by atoms with E-state index in [1.165, 1.54) is 39.3 Å². The topological polar surface area (TPSA) is 108 Å². The van der Waals surface area contributed by atoms with Crippen LogP contribution in [0.15, 0.2) is 18.2 Å². The van der Waals surface area contributed by atoms with E-state index >= 15 is 0 Å². The van der Waals surface area contributed by atoms with Crippen LogP contribution in [0.25, 0.3) is 0 Å². The SMILES string of the molecule is COC(=O)c1cc(NC(=O)[C@H](C)N)cc(C(=O)OC)c1. The van der Waals surface area contributed by atoms with E-state index in [-0.39, 0.29) is 16.8 Å². The van der Waals surface area contributed by atoms with Crippen molar-refractivity contribution in [2.75, 3.05) is 19.5 Å². The molecule has 0 bridgehead atoms. The number of nitrogens with two attached hydrogens (primary N) is 1. The number of nitrogens with one attached hydrogen (secondary N) is 1. The van der Waals surface area contributed by atoms with Crippen LogP contribution in [0, 0.1) is 0 Å². The minimum Gasteiger partial charge on any atom is -0.465 e. The van der Waals surface area contributed by atoms with Gasteiger partial charge in [0, 0.05) is 5.69 Å². The van der Waals surface area contributed by atoms with Gasteiger partial charge in [-0.1, -0.05) is 0 Å². The number of methoxy groups -OCH3 is 2. The van der Waals surface area contributed by atoms with Crippen LogP contribution in [0.3, 0.4) is 0 Å². The summed E-state index contributed by atoms with van der Waals surface area (Å²) in [6.07, 6.45) is 0. The first-order valence-electron chi connectivity index (χ1n) is 5.77. The third-order valence-electron chi connectivity index (χ3n) is 2.46. The fourth-order valence-corrected chi connectivity index (χ4v) is 1.43. The van der Waals surface area contributed by atoms with Gasteiger partial charge in [0.15, 0.2) is 0 Å². The minimum atomic E-state index is -0.724. The highest BCUT2D eigenvalue weighted by molar-refractivity contribution is 6.00. The molecule has 108 valence electrons. The maximum atomic E-state index is 11.5. The quantitative estimate of drug-likeness (QED) is 0.780. The molecule has 0 unspecified atom stereocenters. The van der Waals surface area contributed by atoms with Crippen LogP contribution in [-0.2, 0) is 14.3 Å². The van der Waals surface area contributed by atoms with Gasteiger partial charge >= 0.3 is 11.9 Å². The molecule has 0 radical (unpaired) electrons. The Balaban J connectivity index is 3.19. The Bertz CT molecular complexity index is 505. The van der Waals surface area contributed by atoms with E-state index in [0.717, 1.165) is 0 Å². The second kappa shape index (κ2) is 6.67. The predicted octanol–water partition coefficient (Wildman–Crippen LogP) is 0.545. The van der Waals surface area contributed by atoms with Crippen LogP contribution in [0.4, 0.5) is 5.69 Å². The van der Waals surface area contributed by atoms with Crippen molar-refractivity contribution in [1.82, 2.24) is 0 Å². The average molecular weight is 280 g/mol. The van der Waals surface area contributed by atoms with Gasteiger partial charge in [-0.25, -0.2) is 9.59 Å². The molecule has 0 saturated carbocycles. The van der Waals surface area contributed by atoms with Crippen LogP contribution < -0.4 is 11.1 Å². The number of hydrogen-bond donors (Lipinski definition) is 2. The number of carbonyl (C=O) groups excluding carboxylic acids is 3. The van der Waals surface area contributed by atoms with Crippen molar-refractivity contribution in [2.24, 2.45) is 5.73 Å². The summed E-state index contributed by atoms with van der Waals surface area (Å²) >= 11 is 0. The molecule has 1 aromatic rings. The molecular formula is C13H16N2O5. The first-order valence-corrected chi connectivity index (χ1v) is 5.77. The molecule has 0 aromatic heterocycles. The summed E-state index contributed by atoms with van der Waals surface area (Å²) in [5.74, 6) is -1.71. The van der Waals surface area contributed by atoms with Crippen molar-refractivity contribution in [2.45, 2.75) is 13.0 Å². The molecule has 0 aliphatic rings. The first kappa shape index (κ1) is 15.6. The molecule has 1 atom stereocenters. The molecule has 0 spiro atoms. The van der Waals surface area contributed by atoms with E-state index in [4.69, 9.17) is 5.73 Å². The van der Waals surface area contributed by atoms with Gasteiger partial charge in [0.25, 0.3) is 0 Å². The number of hydrogen-bond acceptors (Lipinski definition) is 6. The molecule has 1 aromatic carbocycles. The standard InChI is InChI=1S/C13H16N2O5/c1-7(14)11(16)15-10-5-8(12(17)19-2)4-9(6-10)13(18)20-3/h4-7H,14H2,1-3H3,(H,15,16)/t7-/m0/s1. The lowest BCUT2D eigenvalue weighted by molar-refractivity contribution is -0.117. The molecule has 1 rings (SSSR count). The van der Waals surface area contributed by atoms with Gasteiger partial charge < -0.3 is 20.5 Å². The highest BCUT2D eigenvalue weighted by atomic mass is 16.5. The summed E-state index contributed by atoms with van der Waals surface area (Å²) in [6, 6.07) is 3.37. The molecular weight excluding hydrogens is 264 g/mol. The lowest BCUT2D eigenvalue weighted by Gasteiger charge is -2.10. The van der Waals surface area contributed by atoms with Gasteiger partial charge in [-0.05, 0) is 25.1 Å². The summed E-state index contributed by atoms with van der Waals surface area (Å²) in [4.78, 5) is 34.6. The number of esters is 2. The molecule has 1 amide bonds. The fourth-order valence-electron chi connectivity index (χ4n) is 1.43. The number of amides is 1. The number of anilines is 1. The van der Waals surface area contributed by atoms with Gasteiger partial charge in [0.05, 0.1) is 31.4 Å². The van der Waals surface area contributed by atoms with Crippen molar-refractivity contribution < 1.29 is 23.9 Å². The average Bonchev–Trinajstić information content (AvgIpc) is 2.44. The third-order valence-corrected chi connectivity index (χ3v) is 2.46. The highest BCUT2D eigenvalue weighted by Gasteiger charge is 2.15. The molecule has 20 heavy (non-hydrogen) atoms. The Morgan fingerprint density at radius 3 is 1.85 bits per heavy atom. The van der Waals surface area contributed by atoms with Crippen LogP contribution in [0.2, 0.25) is 0 Å². The molecule has 7 nitrogen and oxygen atoms in total. The Kier molecular flexibility index (Phi) is 5.22. The van der Waals surface area contributed by atoms with Gasteiger partial charge in [0.2, 0.25) is 5.91 Å². The summed E-state index contributed by atoms with van der Waals surface area (Å²) in [7, 11) is 2.43. The number of carbonyl (C=O) groups is 3. The Labute approximate surface area is 116 Å². The Morgan fingerprint density at radius 2 is 1.50 bits per heavy atom. The summed E-state index contributed by atoms with van der Waals surface area (Å²) in [5.41, 5.74) is 5.94. The van der Waals surface area contributed by atoms with Crippen LogP contribution in [0.5, 0.6) is 0 Å². The predicted molar refractivity (Wildman–Crippen MR) is 71.4 cm³/mol. The van der Waals surface area contributed by atoms with Crippen molar-refractivity contribution >= 4 is 23.5 Å². The summed E-state index contributed by atoms with van der Waals surface area (Å²) in [6.45, 7) is 1.51. The zero-order valence-corrected chi connectivity index (χ0v) is 11.4. The van der Waals surface area contributed by atoms with Crippen molar-refractivity contribution in [3.05, 3.63) is 29.3 Å². The molecule has 0 fully saturated rings. The van der Waals surface area contributed by atoms with E-state index in [1.807, 2.05) is 0 Å². The summed E-state index contributed by atoms with van der Waals surface area (Å²) in [5, 5.41) is 2.50. The lowest BCUT2D eigenvalue weighted by Crippen LogP contribution is -2.32. The third kappa shape index (κ3) is 3.79. The van der Waals surface area contributed by atoms with E-state index < -0.39 is 23.9 Å². The largest absolute Gasteiger partial charge is 0.465 e. The molecule has 0 aliphatic heterocycles. The monoisotopic (exact) mass is 280 g/mol. The fraction of sp³-hybridized carbons (Fsp3) is 0.308. The van der Waals surface area contributed by atoms with Gasteiger partial charge in [0.1, 0.15) is 0 Å². The normalized spacial score (nSPS) is 11.4. The van der Waals surface area contributed by atoms with E-state index in [0.29, 0.717) is 0 Å². The maximum absolute atomic E-state index is 11.5. The number of benzene rings is 1. The van der Waals surface area contributed by atoms with Gasteiger partial charge in [-0.2, -0.15) is 0 Å². The smallest absolute Gasteiger partial charge is 0.337 e. The highest BCUT2D eigenvalue weighted by Crippen LogP contribution is 2.17. The van der Waals surface area contributed by atoms with Crippen molar-refractivity contribution in [3.63, 3.8) is 0 Å². The molecule has 3 N–H and O–H groups in total. The zero-order valence-electron chi connectivity index (χ0n) is 11.4.